The largest absolute Gasteiger partial charge is 0.508 e. The van der Waals surface area contributed by atoms with Crippen molar-refractivity contribution in [1.82, 2.24) is 0 Å². The molecular weight excluding hydrogens is 130 g/mol. The molecule has 3 nitrogen and oxygen atoms in total. The first-order chi connectivity index (χ1) is 4.83. The minimum absolute atomic E-state index is 0.128. The van der Waals surface area contributed by atoms with Crippen LogP contribution in [0.25, 0.3) is 0 Å². The molecule has 1 rings (SSSR count). The SMILES string of the molecule is NCOc1cccc(O)c1. The molecule has 0 saturated heterocycles. The van der Waals surface area contributed by atoms with Crippen molar-refractivity contribution in [3.05, 3.63) is 24.3 Å². The highest BCUT2D eigenvalue weighted by Crippen LogP contribution is 2.16. The van der Waals surface area contributed by atoms with Crippen molar-refractivity contribution in [1.29, 1.82) is 0 Å². The lowest BCUT2D eigenvalue weighted by Crippen LogP contribution is -2.06. The molecule has 0 aliphatic carbocycles. The van der Waals surface area contributed by atoms with Gasteiger partial charge in [-0.25, -0.2) is 0 Å². The number of rotatable bonds is 2. The van der Waals surface area contributed by atoms with Gasteiger partial charge in [0.05, 0.1) is 0 Å². The van der Waals surface area contributed by atoms with Crippen LogP contribution in [0.15, 0.2) is 24.3 Å². The van der Waals surface area contributed by atoms with Crippen LogP contribution in [0.2, 0.25) is 0 Å². The molecule has 0 aromatic heterocycles. The van der Waals surface area contributed by atoms with Crippen molar-refractivity contribution in [2.24, 2.45) is 5.73 Å². The van der Waals surface area contributed by atoms with Crippen LogP contribution >= 0.6 is 0 Å². The van der Waals surface area contributed by atoms with Gasteiger partial charge in [0.25, 0.3) is 0 Å². The van der Waals surface area contributed by atoms with E-state index in [1.54, 1.807) is 18.2 Å². The van der Waals surface area contributed by atoms with Crippen LogP contribution in [0.1, 0.15) is 0 Å². The van der Waals surface area contributed by atoms with Crippen LogP contribution in [0.5, 0.6) is 11.5 Å². The zero-order valence-electron chi connectivity index (χ0n) is 5.45. The molecule has 0 atom stereocenters. The number of nitrogens with two attached hydrogens (primary N) is 1. The van der Waals surface area contributed by atoms with Gasteiger partial charge in [-0.15, -0.1) is 0 Å². The molecule has 0 fully saturated rings. The Balaban J connectivity index is 2.75. The summed E-state index contributed by atoms with van der Waals surface area (Å²) in [6, 6.07) is 6.50. The molecule has 3 heteroatoms. The van der Waals surface area contributed by atoms with Gasteiger partial charge in [0.1, 0.15) is 18.2 Å². The summed E-state index contributed by atoms with van der Waals surface area (Å²) in [7, 11) is 0. The normalized spacial score (nSPS) is 9.30. The highest BCUT2D eigenvalue weighted by Gasteiger charge is 1.91. The van der Waals surface area contributed by atoms with E-state index in [-0.39, 0.29) is 12.5 Å². The Hall–Kier alpha value is -1.22. The third kappa shape index (κ3) is 1.63. The molecule has 0 unspecified atom stereocenters. The Bertz CT molecular complexity index is 213. The third-order valence-corrected chi connectivity index (χ3v) is 1.07. The lowest BCUT2D eigenvalue weighted by molar-refractivity contribution is 0.327. The molecule has 0 radical (unpaired) electrons. The Morgan fingerprint density at radius 1 is 1.50 bits per heavy atom. The van der Waals surface area contributed by atoms with E-state index in [2.05, 4.69) is 0 Å². The highest BCUT2D eigenvalue weighted by molar-refractivity contribution is 5.31. The van der Waals surface area contributed by atoms with Crippen LogP contribution in [0.4, 0.5) is 0 Å². The molecule has 0 bridgehead atoms. The molecule has 0 aliphatic rings. The molecule has 0 spiro atoms. The van der Waals surface area contributed by atoms with Crippen molar-refractivity contribution in [3.8, 4) is 11.5 Å². The van der Waals surface area contributed by atoms with Gasteiger partial charge in [-0.1, -0.05) is 6.07 Å². The maximum Gasteiger partial charge on any atom is 0.137 e. The van der Waals surface area contributed by atoms with Crippen LogP contribution in [0.3, 0.4) is 0 Å². The zero-order valence-corrected chi connectivity index (χ0v) is 5.45. The average Bonchev–Trinajstić information content (AvgIpc) is 1.88. The van der Waals surface area contributed by atoms with Gasteiger partial charge in [-0.2, -0.15) is 0 Å². The first-order valence-corrected chi connectivity index (χ1v) is 2.95. The fraction of sp³-hybridized carbons (Fsp3) is 0.143. The van der Waals surface area contributed by atoms with Gasteiger partial charge in [0.15, 0.2) is 0 Å². The Morgan fingerprint density at radius 2 is 2.30 bits per heavy atom. The number of phenolic OH excluding ortho intramolecular Hbond substituents is 1. The van der Waals surface area contributed by atoms with E-state index in [0.717, 1.165) is 0 Å². The minimum atomic E-state index is 0.128. The summed E-state index contributed by atoms with van der Waals surface area (Å²) in [5.74, 6) is 0.772. The second-order valence-electron chi connectivity index (χ2n) is 1.81. The standard InChI is InChI=1S/C7H9NO2/c8-5-10-7-3-1-2-6(9)4-7/h1-4,9H,5,8H2. The Kier molecular flexibility index (Phi) is 2.12. The summed E-state index contributed by atoms with van der Waals surface area (Å²) >= 11 is 0. The van der Waals surface area contributed by atoms with E-state index in [1.807, 2.05) is 0 Å². The van der Waals surface area contributed by atoms with Gasteiger partial charge in [0, 0.05) is 6.07 Å². The summed E-state index contributed by atoms with van der Waals surface area (Å²) in [5.41, 5.74) is 5.11. The van der Waals surface area contributed by atoms with Gasteiger partial charge < -0.3 is 9.84 Å². The lowest BCUT2D eigenvalue weighted by Gasteiger charge is -2.00. The average molecular weight is 139 g/mol. The lowest BCUT2D eigenvalue weighted by atomic mass is 10.3. The van der Waals surface area contributed by atoms with Crippen molar-refractivity contribution < 1.29 is 9.84 Å². The summed E-state index contributed by atoms with van der Waals surface area (Å²) in [6.07, 6.45) is 0. The van der Waals surface area contributed by atoms with E-state index >= 15 is 0 Å². The van der Waals surface area contributed by atoms with E-state index in [9.17, 15) is 0 Å². The zero-order chi connectivity index (χ0) is 7.40. The van der Waals surface area contributed by atoms with Crippen LogP contribution in [-0.2, 0) is 0 Å². The Morgan fingerprint density at radius 3 is 2.90 bits per heavy atom. The van der Waals surface area contributed by atoms with Gasteiger partial charge >= 0.3 is 0 Å². The third-order valence-electron chi connectivity index (χ3n) is 1.07. The highest BCUT2D eigenvalue weighted by atomic mass is 16.5. The van der Waals surface area contributed by atoms with Crippen molar-refractivity contribution in [2.75, 3.05) is 6.73 Å². The van der Waals surface area contributed by atoms with Crippen LogP contribution in [-0.4, -0.2) is 11.8 Å². The second kappa shape index (κ2) is 3.08. The van der Waals surface area contributed by atoms with Gasteiger partial charge in [0.2, 0.25) is 0 Å². The molecule has 0 heterocycles. The summed E-state index contributed by atoms with van der Waals surface area (Å²) in [6.45, 7) is 0.128. The summed E-state index contributed by atoms with van der Waals surface area (Å²) in [4.78, 5) is 0. The van der Waals surface area contributed by atoms with Crippen LogP contribution in [0, 0.1) is 0 Å². The predicted molar refractivity (Wildman–Crippen MR) is 37.8 cm³/mol. The summed E-state index contributed by atoms with van der Waals surface area (Å²) in [5, 5.41) is 8.92. The Labute approximate surface area is 59.0 Å². The molecule has 10 heavy (non-hydrogen) atoms. The van der Waals surface area contributed by atoms with Crippen molar-refractivity contribution >= 4 is 0 Å². The van der Waals surface area contributed by atoms with E-state index in [1.165, 1.54) is 6.07 Å². The van der Waals surface area contributed by atoms with E-state index in [4.69, 9.17) is 15.6 Å². The smallest absolute Gasteiger partial charge is 0.137 e. The van der Waals surface area contributed by atoms with Crippen LogP contribution < -0.4 is 10.5 Å². The topological polar surface area (TPSA) is 55.5 Å². The van der Waals surface area contributed by atoms with E-state index < -0.39 is 0 Å². The number of benzene rings is 1. The predicted octanol–water partition coefficient (Wildman–Crippen LogP) is 0.687. The number of hydrogen-bond donors (Lipinski definition) is 2. The maximum atomic E-state index is 8.92. The molecular formula is C7H9NO2. The molecule has 1 aromatic rings. The van der Waals surface area contributed by atoms with Gasteiger partial charge in [-0.05, 0) is 12.1 Å². The molecule has 3 N–H and O–H groups in total. The number of hydrogen-bond acceptors (Lipinski definition) is 3. The second-order valence-corrected chi connectivity index (χ2v) is 1.81. The fourth-order valence-electron chi connectivity index (χ4n) is 0.670. The van der Waals surface area contributed by atoms with E-state index in [0.29, 0.717) is 5.75 Å². The first-order valence-electron chi connectivity index (χ1n) is 2.95. The fourth-order valence-corrected chi connectivity index (χ4v) is 0.670. The minimum Gasteiger partial charge on any atom is -0.508 e. The maximum absolute atomic E-state index is 8.92. The first kappa shape index (κ1) is 6.89. The summed E-state index contributed by atoms with van der Waals surface area (Å²) < 4.78 is 4.90. The number of aromatic hydroxyl groups is 1. The molecule has 0 saturated carbocycles. The van der Waals surface area contributed by atoms with Crippen molar-refractivity contribution in [2.45, 2.75) is 0 Å². The molecule has 0 amide bonds. The quantitative estimate of drug-likeness (QED) is 0.592. The van der Waals surface area contributed by atoms with Crippen molar-refractivity contribution in [3.63, 3.8) is 0 Å². The molecule has 1 aromatic carbocycles. The van der Waals surface area contributed by atoms with Gasteiger partial charge in [-0.3, -0.25) is 5.73 Å². The number of phenols is 1. The monoisotopic (exact) mass is 139 g/mol. The molecule has 0 aliphatic heterocycles. The number of ether oxygens (including phenoxy) is 1. The molecule has 54 valence electrons.